The van der Waals surface area contributed by atoms with Crippen molar-refractivity contribution < 1.29 is 13.6 Å². The monoisotopic (exact) mass is 406 g/mol. The molecule has 3 aromatic rings. The maximum absolute atomic E-state index is 13.0. The maximum Gasteiger partial charge on any atom is 0.267 e. The molecule has 8 heteroatoms. The number of aromatic nitrogens is 1. The lowest BCUT2D eigenvalue weighted by Crippen LogP contribution is -2.28. The second kappa shape index (κ2) is 8.66. The number of thioether (sulfide) groups is 1. The first-order valence-electron chi connectivity index (χ1n) is 8.69. The third-order valence-corrected chi connectivity index (χ3v) is 4.98. The number of carbonyl (C=O) groups excluding carboxylic acids is 1. The molecule has 0 atom stereocenters. The zero-order chi connectivity index (χ0) is 20.1. The molecule has 3 heterocycles. The standard InChI is InChI=1S/C21H15FN4O2S/c22-17-7-5-15(6-8-17)13-24-25-21-26(14-18-4-2-10-28-18)20(27)19(29-21)11-16-3-1-9-23-12-16/h1-13H,14H2/b19-11-,24-13-,25-21+. The SMILES string of the molecule is O=C1/C(=C/c2cccnc2)S/C(=N/N=C\c2ccc(F)cc2)N1Cc1ccco1. The number of hydrogen-bond donors (Lipinski definition) is 0. The van der Waals surface area contributed by atoms with Crippen LogP contribution >= 0.6 is 11.8 Å². The summed E-state index contributed by atoms with van der Waals surface area (Å²) in [6.07, 6.45) is 8.18. The zero-order valence-electron chi connectivity index (χ0n) is 15.1. The highest BCUT2D eigenvalue weighted by molar-refractivity contribution is 8.18. The van der Waals surface area contributed by atoms with Gasteiger partial charge in [-0.25, -0.2) is 4.39 Å². The van der Waals surface area contributed by atoms with Gasteiger partial charge in [0.05, 0.1) is 23.9 Å². The first-order valence-corrected chi connectivity index (χ1v) is 9.51. The molecule has 1 aromatic carbocycles. The van der Waals surface area contributed by atoms with Crippen molar-refractivity contribution in [3.05, 3.63) is 94.8 Å². The summed E-state index contributed by atoms with van der Waals surface area (Å²) in [7, 11) is 0. The smallest absolute Gasteiger partial charge is 0.267 e. The van der Waals surface area contributed by atoms with Gasteiger partial charge in [0, 0.05) is 12.4 Å². The molecule has 0 spiro atoms. The molecule has 1 aliphatic heterocycles. The Morgan fingerprint density at radius 3 is 2.72 bits per heavy atom. The minimum Gasteiger partial charge on any atom is -0.467 e. The number of rotatable bonds is 5. The second-order valence-electron chi connectivity index (χ2n) is 6.05. The summed E-state index contributed by atoms with van der Waals surface area (Å²) in [6.45, 7) is 0.244. The Balaban J connectivity index is 1.60. The Morgan fingerprint density at radius 2 is 2.00 bits per heavy atom. The summed E-state index contributed by atoms with van der Waals surface area (Å²) in [4.78, 5) is 19.0. The van der Waals surface area contributed by atoms with Crippen LogP contribution in [-0.2, 0) is 11.3 Å². The van der Waals surface area contributed by atoms with Crippen molar-refractivity contribution in [3.63, 3.8) is 0 Å². The molecule has 0 unspecified atom stereocenters. The van der Waals surface area contributed by atoms with E-state index in [0.717, 1.165) is 5.56 Å². The van der Waals surface area contributed by atoms with Crippen molar-refractivity contribution in [1.29, 1.82) is 0 Å². The summed E-state index contributed by atoms with van der Waals surface area (Å²) in [5, 5.41) is 8.70. The van der Waals surface area contributed by atoms with Gasteiger partial charge in [0.1, 0.15) is 11.6 Å². The van der Waals surface area contributed by atoms with Gasteiger partial charge < -0.3 is 4.42 Å². The van der Waals surface area contributed by atoms with Crippen LogP contribution in [-0.4, -0.2) is 27.2 Å². The summed E-state index contributed by atoms with van der Waals surface area (Å²) < 4.78 is 18.4. The van der Waals surface area contributed by atoms with Crippen LogP contribution in [0.5, 0.6) is 0 Å². The molecule has 4 rings (SSSR count). The third kappa shape index (κ3) is 4.67. The van der Waals surface area contributed by atoms with Crippen molar-refractivity contribution in [2.24, 2.45) is 10.2 Å². The number of furan rings is 1. The number of halogens is 1. The Hall–Kier alpha value is -3.52. The van der Waals surface area contributed by atoms with Gasteiger partial charge in [-0.1, -0.05) is 18.2 Å². The molecule has 0 saturated carbocycles. The molecule has 6 nitrogen and oxygen atoms in total. The van der Waals surface area contributed by atoms with Gasteiger partial charge in [0.2, 0.25) is 0 Å². The van der Waals surface area contributed by atoms with Crippen LogP contribution < -0.4 is 0 Å². The number of nitrogens with zero attached hydrogens (tertiary/aromatic N) is 4. The molecule has 29 heavy (non-hydrogen) atoms. The first kappa shape index (κ1) is 18.8. The normalized spacial score (nSPS) is 17.1. The lowest BCUT2D eigenvalue weighted by molar-refractivity contribution is -0.122. The van der Waals surface area contributed by atoms with Crippen LogP contribution in [0, 0.1) is 5.82 Å². The summed E-state index contributed by atoms with van der Waals surface area (Å²) >= 11 is 1.23. The van der Waals surface area contributed by atoms with E-state index in [1.165, 1.54) is 35.0 Å². The van der Waals surface area contributed by atoms with E-state index in [1.54, 1.807) is 55.1 Å². The fourth-order valence-corrected chi connectivity index (χ4v) is 3.52. The van der Waals surface area contributed by atoms with Crippen molar-refractivity contribution >= 4 is 35.1 Å². The molecule has 0 aliphatic carbocycles. The van der Waals surface area contributed by atoms with Crippen molar-refractivity contribution in [1.82, 2.24) is 9.88 Å². The number of amides is 1. The minimum absolute atomic E-state index is 0.189. The Kier molecular flexibility index (Phi) is 5.62. The molecule has 0 N–H and O–H groups in total. The van der Waals surface area contributed by atoms with Gasteiger partial charge in [-0.3, -0.25) is 14.7 Å². The molecule has 1 saturated heterocycles. The van der Waals surface area contributed by atoms with E-state index in [1.807, 2.05) is 6.07 Å². The molecule has 0 bridgehead atoms. The summed E-state index contributed by atoms with van der Waals surface area (Å²) in [6, 6.07) is 13.1. The lowest BCUT2D eigenvalue weighted by Gasteiger charge is -2.12. The van der Waals surface area contributed by atoms with Crippen LogP contribution in [0.25, 0.3) is 6.08 Å². The van der Waals surface area contributed by atoms with Gasteiger partial charge in [-0.05, 0) is 59.3 Å². The van der Waals surface area contributed by atoms with Crippen molar-refractivity contribution in [2.75, 3.05) is 0 Å². The number of carbonyl (C=O) groups is 1. The third-order valence-electron chi connectivity index (χ3n) is 3.98. The van der Waals surface area contributed by atoms with Gasteiger partial charge in [-0.2, -0.15) is 5.10 Å². The number of amidine groups is 1. The molecule has 1 fully saturated rings. The first-order chi connectivity index (χ1) is 14.2. The fourth-order valence-electron chi connectivity index (χ4n) is 2.59. The van der Waals surface area contributed by atoms with E-state index in [0.29, 0.717) is 21.4 Å². The predicted octanol–water partition coefficient (Wildman–Crippen LogP) is 4.32. The molecule has 0 radical (unpaired) electrons. The van der Waals surface area contributed by atoms with E-state index < -0.39 is 0 Å². The zero-order valence-corrected chi connectivity index (χ0v) is 15.9. The summed E-state index contributed by atoms with van der Waals surface area (Å²) in [5.74, 6) is 0.128. The van der Waals surface area contributed by atoms with E-state index in [-0.39, 0.29) is 18.3 Å². The molecule has 2 aromatic heterocycles. The molecule has 1 amide bonds. The van der Waals surface area contributed by atoms with Gasteiger partial charge in [0.25, 0.3) is 5.91 Å². The lowest BCUT2D eigenvalue weighted by atomic mass is 10.2. The predicted molar refractivity (Wildman–Crippen MR) is 110 cm³/mol. The highest BCUT2D eigenvalue weighted by Gasteiger charge is 2.34. The number of hydrogen-bond acceptors (Lipinski definition) is 6. The fraction of sp³-hybridized carbons (Fsp3) is 0.0476. The minimum atomic E-state index is -0.319. The van der Waals surface area contributed by atoms with Crippen molar-refractivity contribution in [2.45, 2.75) is 6.54 Å². The maximum atomic E-state index is 13.0. The van der Waals surface area contributed by atoms with Gasteiger partial charge in [-0.15, -0.1) is 5.10 Å². The highest BCUT2D eigenvalue weighted by atomic mass is 32.2. The van der Waals surface area contributed by atoms with E-state index in [2.05, 4.69) is 15.2 Å². The number of pyridine rings is 1. The van der Waals surface area contributed by atoms with Gasteiger partial charge in [0.15, 0.2) is 5.17 Å². The quantitative estimate of drug-likeness (QED) is 0.359. The number of benzene rings is 1. The van der Waals surface area contributed by atoms with Crippen LogP contribution in [0.3, 0.4) is 0 Å². The van der Waals surface area contributed by atoms with E-state index in [4.69, 9.17) is 4.42 Å². The average molecular weight is 406 g/mol. The van der Waals surface area contributed by atoms with Crippen molar-refractivity contribution in [3.8, 4) is 0 Å². The molecule has 144 valence electrons. The van der Waals surface area contributed by atoms with Crippen LogP contribution in [0.1, 0.15) is 16.9 Å². The van der Waals surface area contributed by atoms with Crippen LogP contribution in [0.15, 0.2) is 86.7 Å². The van der Waals surface area contributed by atoms with Crippen LogP contribution in [0.2, 0.25) is 0 Å². The summed E-state index contributed by atoms with van der Waals surface area (Å²) in [5.41, 5.74) is 1.52. The van der Waals surface area contributed by atoms with Gasteiger partial charge >= 0.3 is 0 Å². The average Bonchev–Trinajstić information content (AvgIpc) is 3.35. The van der Waals surface area contributed by atoms with E-state index in [9.17, 15) is 9.18 Å². The molecular formula is C21H15FN4O2S. The Bertz CT molecular complexity index is 1080. The second-order valence-corrected chi connectivity index (χ2v) is 7.06. The van der Waals surface area contributed by atoms with E-state index >= 15 is 0 Å². The Morgan fingerprint density at radius 1 is 1.14 bits per heavy atom. The molecule has 1 aliphatic rings. The highest BCUT2D eigenvalue weighted by Crippen LogP contribution is 2.33. The largest absolute Gasteiger partial charge is 0.467 e. The van der Waals surface area contributed by atoms with Crippen LogP contribution in [0.4, 0.5) is 4.39 Å². The molecular weight excluding hydrogens is 391 g/mol. The Labute approximate surface area is 170 Å². The topological polar surface area (TPSA) is 71.1 Å².